The molecule has 0 aromatic carbocycles. The van der Waals surface area contributed by atoms with Gasteiger partial charge in [-0.1, -0.05) is 0 Å². The van der Waals surface area contributed by atoms with Crippen LogP contribution >= 0.6 is 25.3 Å². The minimum atomic E-state index is -0.461. The molecule has 0 heterocycles. The highest BCUT2D eigenvalue weighted by molar-refractivity contribution is 7.80. The summed E-state index contributed by atoms with van der Waals surface area (Å²) in [5.74, 6) is 0.644. The molecular formula is C8H16N2O2S2. The van der Waals surface area contributed by atoms with Crippen LogP contribution in [0.3, 0.4) is 0 Å². The van der Waals surface area contributed by atoms with E-state index in [4.69, 9.17) is 5.73 Å². The Morgan fingerprint density at radius 1 is 1.29 bits per heavy atom. The molecule has 0 rings (SSSR count). The van der Waals surface area contributed by atoms with E-state index in [1.807, 2.05) is 0 Å². The fourth-order valence-electron chi connectivity index (χ4n) is 0.902. The highest BCUT2D eigenvalue weighted by Crippen LogP contribution is 1.98. The van der Waals surface area contributed by atoms with Gasteiger partial charge < -0.3 is 11.1 Å². The molecule has 0 spiro atoms. The predicted molar refractivity (Wildman–Crippen MR) is 62.7 cm³/mol. The molecule has 6 heteroatoms. The smallest absolute Gasteiger partial charge is 0.220 e. The van der Waals surface area contributed by atoms with Crippen molar-refractivity contribution < 1.29 is 9.59 Å². The van der Waals surface area contributed by atoms with E-state index in [0.717, 1.165) is 6.42 Å². The zero-order chi connectivity index (χ0) is 11.0. The van der Waals surface area contributed by atoms with Gasteiger partial charge in [-0.15, -0.1) is 0 Å². The van der Waals surface area contributed by atoms with Gasteiger partial charge in [-0.05, 0) is 12.2 Å². The topological polar surface area (TPSA) is 72.2 Å². The Morgan fingerprint density at radius 3 is 2.36 bits per heavy atom. The van der Waals surface area contributed by atoms with Gasteiger partial charge in [-0.2, -0.15) is 25.3 Å². The van der Waals surface area contributed by atoms with Gasteiger partial charge in [-0.3, -0.25) is 9.59 Å². The van der Waals surface area contributed by atoms with E-state index in [9.17, 15) is 9.59 Å². The standard InChI is InChI=1S/C8H16N2O2S2/c9-7(11)1-2-8(12)10-6(5-14)3-4-13/h6,13-14H,1-5H2,(H2,9,11)(H,10,12). The Kier molecular flexibility index (Phi) is 7.78. The van der Waals surface area contributed by atoms with Crippen molar-refractivity contribution in [2.24, 2.45) is 5.73 Å². The summed E-state index contributed by atoms with van der Waals surface area (Å²) in [6, 6.07) is 0.0243. The zero-order valence-corrected chi connectivity index (χ0v) is 9.69. The van der Waals surface area contributed by atoms with E-state index >= 15 is 0 Å². The molecule has 0 aromatic rings. The first-order chi connectivity index (χ1) is 6.60. The van der Waals surface area contributed by atoms with Gasteiger partial charge in [0.2, 0.25) is 11.8 Å². The summed E-state index contributed by atoms with van der Waals surface area (Å²) in [5.41, 5.74) is 4.92. The average Bonchev–Trinajstić information content (AvgIpc) is 2.14. The Labute approximate surface area is 94.8 Å². The Balaban J connectivity index is 3.72. The van der Waals surface area contributed by atoms with Crippen molar-refractivity contribution in [3.63, 3.8) is 0 Å². The van der Waals surface area contributed by atoms with Crippen molar-refractivity contribution in [3.8, 4) is 0 Å². The van der Waals surface area contributed by atoms with Crippen LogP contribution in [0, 0.1) is 0 Å². The van der Waals surface area contributed by atoms with Crippen LogP contribution in [0.15, 0.2) is 0 Å². The average molecular weight is 236 g/mol. The van der Waals surface area contributed by atoms with Crippen LogP contribution in [0.1, 0.15) is 19.3 Å². The number of hydrogen-bond donors (Lipinski definition) is 4. The lowest BCUT2D eigenvalue weighted by Crippen LogP contribution is -2.36. The van der Waals surface area contributed by atoms with Gasteiger partial charge in [0.1, 0.15) is 0 Å². The molecule has 0 bridgehead atoms. The summed E-state index contributed by atoms with van der Waals surface area (Å²) in [7, 11) is 0. The molecule has 0 aromatic heterocycles. The maximum atomic E-state index is 11.2. The fourth-order valence-corrected chi connectivity index (χ4v) is 1.49. The van der Waals surface area contributed by atoms with Crippen molar-refractivity contribution >= 4 is 37.1 Å². The molecule has 0 saturated carbocycles. The van der Waals surface area contributed by atoms with E-state index < -0.39 is 5.91 Å². The lowest BCUT2D eigenvalue weighted by molar-refractivity contribution is -0.125. The third kappa shape index (κ3) is 7.08. The van der Waals surface area contributed by atoms with Gasteiger partial charge in [0, 0.05) is 24.6 Å². The molecule has 14 heavy (non-hydrogen) atoms. The van der Waals surface area contributed by atoms with Gasteiger partial charge in [0.25, 0.3) is 0 Å². The molecule has 1 unspecified atom stereocenters. The van der Waals surface area contributed by atoms with Crippen LogP contribution in [0.5, 0.6) is 0 Å². The van der Waals surface area contributed by atoms with Crippen molar-refractivity contribution in [2.75, 3.05) is 11.5 Å². The molecule has 2 amide bonds. The van der Waals surface area contributed by atoms with Crippen molar-refractivity contribution in [3.05, 3.63) is 0 Å². The second-order valence-electron chi connectivity index (χ2n) is 2.93. The predicted octanol–water partition coefficient (Wildman–Crippen LogP) is -0.0136. The molecule has 82 valence electrons. The van der Waals surface area contributed by atoms with Gasteiger partial charge in [-0.25, -0.2) is 0 Å². The number of hydrogen-bond acceptors (Lipinski definition) is 4. The maximum Gasteiger partial charge on any atom is 0.220 e. The van der Waals surface area contributed by atoms with E-state index in [2.05, 4.69) is 30.6 Å². The lowest BCUT2D eigenvalue weighted by atomic mass is 10.2. The molecule has 0 radical (unpaired) electrons. The highest BCUT2D eigenvalue weighted by atomic mass is 32.1. The summed E-state index contributed by atoms with van der Waals surface area (Å²) in [6.45, 7) is 0. The minimum absolute atomic E-state index is 0.0243. The van der Waals surface area contributed by atoms with Crippen LogP contribution in [0.25, 0.3) is 0 Å². The summed E-state index contributed by atoms with van der Waals surface area (Å²) >= 11 is 8.15. The van der Waals surface area contributed by atoms with E-state index in [1.165, 1.54) is 0 Å². The van der Waals surface area contributed by atoms with Crippen molar-refractivity contribution in [1.29, 1.82) is 0 Å². The summed E-state index contributed by atoms with van der Waals surface area (Å²) < 4.78 is 0. The number of carbonyl (C=O) groups excluding carboxylic acids is 2. The number of amides is 2. The lowest BCUT2D eigenvalue weighted by Gasteiger charge is -2.14. The summed E-state index contributed by atoms with van der Waals surface area (Å²) in [4.78, 5) is 21.6. The van der Waals surface area contributed by atoms with Crippen LogP contribution < -0.4 is 11.1 Å². The van der Waals surface area contributed by atoms with E-state index in [0.29, 0.717) is 11.5 Å². The molecule has 0 saturated heterocycles. The Hall–Kier alpha value is -0.360. The quantitative estimate of drug-likeness (QED) is 0.469. The summed E-state index contributed by atoms with van der Waals surface area (Å²) in [5, 5.41) is 2.75. The minimum Gasteiger partial charge on any atom is -0.370 e. The second-order valence-corrected chi connectivity index (χ2v) is 3.74. The van der Waals surface area contributed by atoms with Crippen molar-refractivity contribution in [1.82, 2.24) is 5.32 Å². The first kappa shape index (κ1) is 13.6. The molecule has 1 atom stereocenters. The third-order valence-electron chi connectivity index (χ3n) is 1.66. The molecule has 0 aliphatic carbocycles. The maximum absolute atomic E-state index is 11.2. The highest BCUT2D eigenvalue weighted by Gasteiger charge is 2.10. The normalized spacial score (nSPS) is 12.1. The number of nitrogens with one attached hydrogen (secondary N) is 1. The van der Waals surface area contributed by atoms with Crippen LogP contribution in [-0.2, 0) is 9.59 Å². The van der Waals surface area contributed by atoms with Gasteiger partial charge >= 0.3 is 0 Å². The van der Waals surface area contributed by atoms with Crippen LogP contribution in [0.2, 0.25) is 0 Å². The second kappa shape index (κ2) is 7.99. The molecular weight excluding hydrogens is 220 g/mol. The number of nitrogens with two attached hydrogens (primary N) is 1. The monoisotopic (exact) mass is 236 g/mol. The first-order valence-corrected chi connectivity index (χ1v) is 5.66. The molecule has 4 nitrogen and oxygen atoms in total. The molecule has 0 fully saturated rings. The van der Waals surface area contributed by atoms with Crippen LogP contribution in [0.4, 0.5) is 0 Å². The fraction of sp³-hybridized carbons (Fsp3) is 0.750. The molecule has 0 aliphatic heterocycles. The SMILES string of the molecule is NC(=O)CCC(=O)NC(CS)CCS. The van der Waals surface area contributed by atoms with E-state index in [-0.39, 0.29) is 24.8 Å². The number of carbonyl (C=O) groups is 2. The number of rotatable bonds is 7. The number of thiol groups is 2. The van der Waals surface area contributed by atoms with Gasteiger partial charge in [0.05, 0.1) is 0 Å². The Morgan fingerprint density at radius 2 is 1.93 bits per heavy atom. The Bertz CT molecular complexity index is 200. The largest absolute Gasteiger partial charge is 0.370 e. The molecule has 0 aliphatic rings. The van der Waals surface area contributed by atoms with E-state index in [1.54, 1.807) is 0 Å². The molecule has 3 N–H and O–H groups in total. The summed E-state index contributed by atoms with van der Waals surface area (Å²) in [6.07, 6.45) is 1.01. The number of primary amides is 1. The third-order valence-corrected chi connectivity index (χ3v) is 2.36. The zero-order valence-electron chi connectivity index (χ0n) is 7.90. The van der Waals surface area contributed by atoms with Crippen molar-refractivity contribution in [2.45, 2.75) is 25.3 Å². The first-order valence-electron chi connectivity index (χ1n) is 4.39. The van der Waals surface area contributed by atoms with Gasteiger partial charge in [0.15, 0.2) is 0 Å². The van der Waals surface area contributed by atoms with Crippen LogP contribution in [-0.4, -0.2) is 29.4 Å².